The third-order valence-electron chi connectivity index (χ3n) is 2.54. The number of carbonyl (C=O) groups excluding carboxylic acids is 1. The molecule has 0 spiro atoms. The van der Waals surface area contributed by atoms with E-state index in [9.17, 15) is 4.79 Å². The summed E-state index contributed by atoms with van der Waals surface area (Å²) in [4.78, 5) is 15.3. The average molecular weight is 306 g/mol. The smallest absolute Gasteiger partial charge is 0.176 e. The normalized spacial score (nSPS) is 9.90. The number of ketones is 1. The van der Waals surface area contributed by atoms with Gasteiger partial charge < -0.3 is 10.6 Å². The average Bonchev–Trinajstić information content (AvgIpc) is 2.42. The molecule has 20 heavy (non-hydrogen) atoms. The summed E-state index contributed by atoms with van der Waals surface area (Å²) in [6.07, 6.45) is 1.62. The van der Waals surface area contributed by atoms with Gasteiger partial charge in [-0.3, -0.25) is 4.79 Å². The van der Waals surface area contributed by atoms with Gasteiger partial charge in [-0.25, -0.2) is 4.98 Å². The summed E-state index contributed by atoms with van der Waals surface area (Å²) >= 11 is 11.2. The first-order valence-corrected chi connectivity index (χ1v) is 6.64. The zero-order chi connectivity index (χ0) is 14.5. The van der Waals surface area contributed by atoms with Gasteiger partial charge in [-0.15, -0.1) is 0 Å². The molecule has 1 aromatic heterocycles. The summed E-state index contributed by atoms with van der Waals surface area (Å²) in [5, 5.41) is 6.77. The summed E-state index contributed by atoms with van der Waals surface area (Å²) in [5.41, 5.74) is 1.43. The number of Topliss-reactive ketones (excluding diaryl/α,β-unsaturated/α-hetero) is 1. The summed E-state index contributed by atoms with van der Waals surface area (Å²) in [6.45, 7) is 1.53. The number of nitrogens with one attached hydrogen (secondary N) is 2. The monoisotopic (exact) mass is 305 g/mol. The molecule has 0 bridgehead atoms. The Labute approximate surface area is 127 Å². The molecule has 0 aliphatic carbocycles. The van der Waals surface area contributed by atoms with Gasteiger partial charge in [0.15, 0.2) is 16.7 Å². The Hall–Kier alpha value is -1.98. The van der Waals surface area contributed by atoms with Crippen molar-refractivity contribution in [2.45, 2.75) is 6.92 Å². The molecule has 1 heterocycles. The highest BCUT2D eigenvalue weighted by Gasteiger charge is 2.04. The first-order chi connectivity index (χ1) is 9.56. The largest absolute Gasteiger partial charge is 0.332 e. The van der Waals surface area contributed by atoms with Crippen LogP contribution in [0.4, 0.5) is 11.5 Å². The Morgan fingerprint density at radius 1 is 1.20 bits per heavy atom. The molecule has 6 heteroatoms. The van der Waals surface area contributed by atoms with Crippen LogP contribution >= 0.6 is 23.8 Å². The molecule has 4 nitrogen and oxygen atoms in total. The fourth-order valence-corrected chi connectivity index (χ4v) is 1.92. The maximum absolute atomic E-state index is 11.2. The molecule has 0 radical (unpaired) electrons. The second-order valence-electron chi connectivity index (χ2n) is 4.05. The number of thiocarbonyl (C=S) groups is 1. The summed E-state index contributed by atoms with van der Waals surface area (Å²) in [5.74, 6) is 0.518. The molecule has 0 saturated heterocycles. The maximum atomic E-state index is 11.2. The van der Waals surface area contributed by atoms with Crippen molar-refractivity contribution in [3.8, 4) is 0 Å². The molecule has 2 N–H and O–H groups in total. The number of carbonyl (C=O) groups is 1. The van der Waals surface area contributed by atoms with Crippen molar-refractivity contribution in [1.29, 1.82) is 0 Å². The van der Waals surface area contributed by atoms with Gasteiger partial charge in [-0.2, -0.15) is 0 Å². The van der Waals surface area contributed by atoms with Crippen LogP contribution in [-0.2, 0) is 0 Å². The summed E-state index contributed by atoms with van der Waals surface area (Å²) in [6, 6.07) is 10.5. The first kappa shape index (κ1) is 14.4. The van der Waals surface area contributed by atoms with Crippen LogP contribution in [0.25, 0.3) is 0 Å². The minimum atomic E-state index is 0.0255. The van der Waals surface area contributed by atoms with E-state index in [-0.39, 0.29) is 5.78 Å². The number of pyridine rings is 1. The lowest BCUT2D eigenvalue weighted by atomic mass is 10.1. The Morgan fingerprint density at radius 3 is 2.50 bits per heavy atom. The molecule has 0 fully saturated rings. The Balaban J connectivity index is 2.01. The second kappa shape index (κ2) is 6.45. The van der Waals surface area contributed by atoms with E-state index in [4.69, 9.17) is 23.8 Å². The van der Waals surface area contributed by atoms with E-state index >= 15 is 0 Å². The zero-order valence-corrected chi connectivity index (χ0v) is 12.3. The minimum Gasteiger partial charge on any atom is -0.332 e. The van der Waals surface area contributed by atoms with Crippen molar-refractivity contribution in [3.63, 3.8) is 0 Å². The fraction of sp³-hybridized carbons (Fsp3) is 0.0714. The van der Waals surface area contributed by atoms with Crippen molar-refractivity contribution in [3.05, 3.63) is 53.2 Å². The van der Waals surface area contributed by atoms with E-state index in [2.05, 4.69) is 15.6 Å². The highest BCUT2D eigenvalue weighted by molar-refractivity contribution is 7.80. The Morgan fingerprint density at radius 2 is 1.90 bits per heavy atom. The van der Waals surface area contributed by atoms with Crippen molar-refractivity contribution >= 4 is 46.2 Å². The molecule has 0 saturated carbocycles. The molecule has 102 valence electrons. The van der Waals surface area contributed by atoms with Crippen LogP contribution in [-0.4, -0.2) is 15.9 Å². The number of rotatable bonds is 3. The van der Waals surface area contributed by atoms with Crippen molar-refractivity contribution in [2.75, 3.05) is 10.6 Å². The lowest BCUT2D eigenvalue weighted by molar-refractivity contribution is 0.101. The Kier molecular flexibility index (Phi) is 4.65. The van der Waals surface area contributed by atoms with Gasteiger partial charge >= 0.3 is 0 Å². The Bertz CT molecular complexity index is 643. The topological polar surface area (TPSA) is 54.0 Å². The van der Waals surface area contributed by atoms with Gasteiger partial charge in [0, 0.05) is 17.4 Å². The van der Waals surface area contributed by atoms with E-state index in [1.54, 1.807) is 42.6 Å². The lowest BCUT2D eigenvalue weighted by Gasteiger charge is -2.10. The number of hydrogen-bond donors (Lipinski definition) is 2. The number of nitrogens with zero attached hydrogens (tertiary/aromatic N) is 1. The quantitative estimate of drug-likeness (QED) is 0.668. The molecular weight excluding hydrogens is 294 g/mol. The van der Waals surface area contributed by atoms with E-state index < -0.39 is 0 Å². The highest BCUT2D eigenvalue weighted by Crippen LogP contribution is 2.18. The molecule has 0 unspecified atom stereocenters. The van der Waals surface area contributed by atoms with Crippen molar-refractivity contribution in [2.24, 2.45) is 0 Å². The third kappa shape index (κ3) is 3.76. The number of benzene rings is 1. The van der Waals surface area contributed by atoms with Crippen molar-refractivity contribution in [1.82, 2.24) is 4.98 Å². The van der Waals surface area contributed by atoms with E-state index in [1.165, 1.54) is 6.92 Å². The second-order valence-corrected chi connectivity index (χ2v) is 4.86. The van der Waals surface area contributed by atoms with Crippen LogP contribution in [0, 0.1) is 0 Å². The predicted molar refractivity (Wildman–Crippen MR) is 85.5 cm³/mol. The van der Waals surface area contributed by atoms with E-state index in [0.29, 0.717) is 21.5 Å². The molecule has 2 rings (SSSR count). The van der Waals surface area contributed by atoms with Gasteiger partial charge in [0.25, 0.3) is 0 Å². The molecular formula is C14H12ClN3OS. The van der Waals surface area contributed by atoms with E-state index in [1.807, 2.05) is 0 Å². The number of halogens is 1. The predicted octanol–water partition coefficient (Wildman–Crippen LogP) is 3.75. The zero-order valence-electron chi connectivity index (χ0n) is 10.7. The van der Waals surface area contributed by atoms with Crippen LogP contribution in [0.1, 0.15) is 17.3 Å². The fourth-order valence-electron chi connectivity index (χ4n) is 1.54. The first-order valence-electron chi connectivity index (χ1n) is 5.86. The van der Waals surface area contributed by atoms with Gasteiger partial charge in [0.2, 0.25) is 0 Å². The standard InChI is InChI=1S/C14H12ClN3OS/c1-9(19)10-4-6-11(7-5-10)17-14(20)18-13-12(15)3-2-8-16-13/h2-8H,1H3,(H2,16,17,18,20). The number of aromatic nitrogens is 1. The molecule has 2 aromatic rings. The summed E-state index contributed by atoms with van der Waals surface area (Å²) in [7, 11) is 0. The van der Waals surface area contributed by atoms with Gasteiger partial charge in [0.1, 0.15) is 0 Å². The van der Waals surface area contributed by atoms with Crippen LogP contribution in [0.5, 0.6) is 0 Å². The van der Waals surface area contributed by atoms with Crippen molar-refractivity contribution < 1.29 is 4.79 Å². The number of anilines is 2. The highest BCUT2D eigenvalue weighted by atomic mass is 35.5. The van der Waals surface area contributed by atoms with Gasteiger partial charge in [0.05, 0.1) is 5.02 Å². The van der Waals surface area contributed by atoms with Crippen LogP contribution in [0.2, 0.25) is 5.02 Å². The van der Waals surface area contributed by atoms with E-state index in [0.717, 1.165) is 5.69 Å². The third-order valence-corrected chi connectivity index (χ3v) is 3.05. The van der Waals surface area contributed by atoms with Crippen LogP contribution in [0.3, 0.4) is 0 Å². The lowest BCUT2D eigenvalue weighted by Crippen LogP contribution is -2.19. The van der Waals surface area contributed by atoms with Crippen LogP contribution < -0.4 is 10.6 Å². The molecule has 0 aliphatic rings. The van der Waals surface area contributed by atoms with Crippen LogP contribution in [0.15, 0.2) is 42.6 Å². The number of hydrogen-bond acceptors (Lipinski definition) is 3. The van der Waals surface area contributed by atoms with Gasteiger partial charge in [-0.05, 0) is 55.5 Å². The molecule has 0 amide bonds. The maximum Gasteiger partial charge on any atom is 0.176 e. The minimum absolute atomic E-state index is 0.0255. The van der Waals surface area contributed by atoms with Gasteiger partial charge in [-0.1, -0.05) is 11.6 Å². The molecule has 1 aromatic carbocycles. The molecule has 0 aliphatic heterocycles. The SMILES string of the molecule is CC(=O)c1ccc(NC(=S)Nc2ncccc2Cl)cc1. The summed E-state index contributed by atoms with van der Waals surface area (Å²) < 4.78 is 0. The molecule has 0 atom stereocenters.